The summed E-state index contributed by atoms with van der Waals surface area (Å²) in [5.74, 6) is -2.94. The Balaban J connectivity index is 1.63. The van der Waals surface area contributed by atoms with Gasteiger partial charge in [-0.1, -0.05) is 40.9 Å². The van der Waals surface area contributed by atoms with Gasteiger partial charge >= 0.3 is 12.1 Å². The van der Waals surface area contributed by atoms with E-state index in [0.29, 0.717) is 17.3 Å². The van der Waals surface area contributed by atoms with Crippen molar-refractivity contribution in [1.29, 1.82) is 0 Å². The van der Waals surface area contributed by atoms with Gasteiger partial charge in [-0.25, -0.2) is 9.59 Å². The molecule has 3 N–H and O–H groups in total. The predicted octanol–water partition coefficient (Wildman–Crippen LogP) is 3.50. The third-order valence-corrected chi connectivity index (χ3v) is 9.58. The molecule has 1 aromatic rings. The van der Waals surface area contributed by atoms with Crippen LogP contribution < -0.4 is 10.6 Å². The minimum absolute atomic E-state index is 0.0992. The van der Waals surface area contributed by atoms with Crippen LogP contribution >= 0.6 is 15.9 Å². The van der Waals surface area contributed by atoms with Crippen LogP contribution in [-0.4, -0.2) is 78.2 Å². The van der Waals surface area contributed by atoms with Crippen LogP contribution in [0.1, 0.15) is 65.7 Å². The first kappa shape index (κ1) is 32.9. The summed E-state index contributed by atoms with van der Waals surface area (Å²) in [5, 5.41) is 15.2. The Kier molecular flexibility index (Phi) is 9.92. The van der Waals surface area contributed by atoms with Gasteiger partial charge in [-0.05, 0) is 70.7 Å². The van der Waals surface area contributed by atoms with Crippen molar-refractivity contribution in [1.82, 2.24) is 15.5 Å². The second-order valence-electron chi connectivity index (χ2n) is 12.2. The summed E-state index contributed by atoms with van der Waals surface area (Å²) in [6, 6.07) is 3.53. The zero-order valence-electron chi connectivity index (χ0n) is 24.4. The van der Waals surface area contributed by atoms with Crippen molar-refractivity contribution in [2.24, 2.45) is 5.92 Å². The van der Waals surface area contributed by atoms with Crippen molar-refractivity contribution in [2.45, 2.75) is 99.9 Å². The summed E-state index contributed by atoms with van der Waals surface area (Å²) in [4.78, 5) is 53.6. The highest BCUT2D eigenvalue weighted by molar-refractivity contribution is 9.10. The van der Waals surface area contributed by atoms with Crippen LogP contribution in [0.5, 0.6) is 0 Å². The molecule has 3 amide bonds. The van der Waals surface area contributed by atoms with Gasteiger partial charge in [0.1, 0.15) is 23.2 Å². The molecule has 2 heterocycles. The van der Waals surface area contributed by atoms with Gasteiger partial charge < -0.3 is 25.4 Å². The average Bonchev–Trinajstić information content (AvgIpc) is 3.44. The second kappa shape index (κ2) is 12.9. The SMILES string of the molecule is CC(C)(C)OC(=O)NC1CCCCC/C=C\C2CC2(C(=O)O)NC(=O)C2CC(OS(=O)(=O)c3ccc(Br)cc3)CN2C1=O. The molecule has 5 atom stereocenters. The highest BCUT2D eigenvalue weighted by atomic mass is 79.9. The van der Waals surface area contributed by atoms with Crippen LogP contribution in [0.15, 0.2) is 45.8 Å². The van der Waals surface area contributed by atoms with E-state index in [-0.39, 0.29) is 30.7 Å². The number of fused-ring (bicyclic) bond motifs is 2. The first-order valence-corrected chi connectivity index (χ1v) is 16.5. The largest absolute Gasteiger partial charge is 0.479 e. The van der Waals surface area contributed by atoms with Crippen molar-refractivity contribution in [3.05, 3.63) is 40.9 Å². The van der Waals surface area contributed by atoms with Crippen molar-refractivity contribution in [3.8, 4) is 0 Å². The lowest BCUT2D eigenvalue weighted by Crippen LogP contribution is -2.56. The standard InChI is InChI=1S/C29H38BrN3O9S/c1-28(2,3)41-27(38)31-22-10-8-6-4-5-7-9-18-16-29(18,26(36)37)32-24(34)23-15-20(17-33(23)25(22)35)42-43(39,40)21-13-11-19(30)12-14-21/h7,9,11-14,18,20,22-23H,4-6,8,10,15-17H2,1-3H3,(H,31,38)(H,32,34)(H,36,37)/b9-7-. The number of rotatable bonds is 5. The molecule has 2 fully saturated rings. The molecule has 43 heavy (non-hydrogen) atoms. The van der Waals surface area contributed by atoms with Gasteiger partial charge in [0.25, 0.3) is 10.1 Å². The zero-order valence-corrected chi connectivity index (χ0v) is 26.8. The van der Waals surface area contributed by atoms with Gasteiger partial charge in [0.2, 0.25) is 11.8 Å². The van der Waals surface area contributed by atoms with Crippen LogP contribution in [0.25, 0.3) is 0 Å². The number of carboxylic acid groups (broad SMARTS) is 1. The number of allylic oxidation sites excluding steroid dienone is 1. The first-order valence-electron chi connectivity index (χ1n) is 14.3. The van der Waals surface area contributed by atoms with Gasteiger partial charge in [0.05, 0.1) is 11.0 Å². The number of nitrogens with one attached hydrogen (secondary N) is 2. The van der Waals surface area contributed by atoms with E-state index in [4.69, 9.17) is 8.92 Å². The minimum atomic E-state index is -4.26. The molecule has 5 unspecified atom stereocenters. The molecular formula is C29H38BrN3O9S. The molecule has 0 spiro atoms. The van der Waals surface area contributed by atoms with Gasteiger partial charge in [-0.3, -0.25) is 13.8 Å². The number of carbonyl (C=O) groups is 4. The summed E-state index contributed by atoms with van der Waals surface area (Å²) in [6.45, 7) is 4.81. The van der Waals surface area contributed by atoms with E-state index < -0.39 is 69.2 Å². The number of hydrogen-bond acceptors (Lipinski definition) is 8. The molecule has 14 heteroatoms. The van der Waals surface area contributed by atoms with Gasteiger partial charge in [0, 0.05) is 23.4 Å². The molecule has 1 saturated heterocycles. The molecule has 12 nitrogen and oxygen atoms in total. The Morgan fingerprint density at radius 1 is 1.14 bits per heavy atom. The molecule has 0 radical (unpaired) electrons. The number of carboxylic acids is 1. The second-order valence-corrected chi connectivity index (χ2v) is 14.7. The van der Waals surface area contributed by atoms with E-state index in [1.165, 1.54) is 17.0 Å². The van der Waals surface area contributed by atoms with E-state index in [1.807, 2.05) is 6.08 Å². The lowest BCUT2D eigenvalue weighted by atomic mass is 10.0. The van der Waals surface area contributed by atoms with Crippen LogP contribution in [0.3, 0.4) is 0 Å². The van der Waals surface area contributed by atoms with Crippen molar-refractivity contribution < 1.29 is 41.6 Å². The third-order valence-electron chi connectivity index (χ3n) is 7.68. The fourth-order valence-electron chi connectivity index (χ4n) is 5.42. The number of ether oxygens (including phenoxy) is 1. The Hall–Kier alpha value is -2.97. The normalized spacial score (nSPS) is 29.3. The summed E-state index contributed by atoms with van der Waals surface area (Å²) >= 11 is 3.26. The van der Waals surface area contributed by atoms with Gasteiger partial charge in [-0.15, -0.1) is 0 Å². The molecular weight excluding hydrogens is 646 g/mol. The van der Waals surface area contributed by atoms with Gasteiger partial charge in [-0.2, -0.15) is 8.42 Å². The molecule has 1 aliphatic carbocycles. The fraction of sp³-hybridized carbons (Fsp3) is 0.586. The van der Waals surface area contributed by atoms with Crippen molar-refractivity contribution in [2.75, 3.05) is 6.54 Å². The first-order chi connectivity index (χ1) is 20.1. The highest BCUT2D eigenvalue weighted by Gasteiger charge is 2.61. The number of alkyl carbamates (subject to hydrolysis) is 1. The lowest BCUT2D eigenvalue weighted by Gasteiger charge is -2.30. The Morgan fingerprint density at radius 3 is 2.49 bits per heavy atom. The number of amides is 3. The molecule has 236 valence electrons. The number of nitrogens with zero attached hydrogens (tertiary/aromatic N) is 1. The quantitative estimate of drug-likeness (QED) is 0.311. The summed E-state index contributed by atoms with van der Waals surface area (Å²) < 4.78 is 37.6. The fourth-order valence-corrected chi connectivity index (χ4v) is 6.76. The third kappa shape index (κ3) is 8.15. The summed E-state index contributed by atoms with van der Waals surface area (Å²) in [5.41, 5.74) is -2.33. The molecule has 0 bridgehead atoms. The van der Waals surface area contributed by atoms with Gasteiger partial charge in [0.15, 0.2) is 0 Å². The topological polar surface area (TPSA) is 168 Å². The van der Waals surface area contributed by atoms with E-state index in [9.17, 15) is 32.7 Å². The Bertz CT molecular complexity index is 1380. The van der Waals surface area contributed by atoms with Crippen LogP contribution in [0, 0.1) is 5.92 Å². The lowest BCUT2D eigenvalue weighted by molar-refractivity contribution is -0.145. The maximum atomic E-state index is 14.0. The number of aliphatic carboxylic acids is 1. The predicted molar refractivity (Wildman–Crippen MR) is 158 cm³/mol. The number of carbonyl (C=O) groups excluding carboxylic acids is 3. The summed E-state index contributed by atoms with van der Waals surface area (Å²) in [6.07, 6.45) is 4.91. The number of benzene rings is 1. The van der Waals surface area contributed by atoms with E-state index in [1.54, 1.807) is 39.0 Å². The van der Waals surface area contributed by atoms with E-state index in [0.717, 1.165) is 12.8 Å². The zero-order chi connectivity index (χ0) is 31.6. The number of halogens is 1. The Morgan fingerprint density at radius 2 is 1.84 bits per heavy atom. The molecule has 1 saturated carbocycles. The number of hydrogen-bond donors (Lipinski definition) is 3. The van der Waals surface area contributed by atoms with Crippen molar-refractivity contribution in [3.63, 3.8) is 0 Å². The maximum Gasteiger partial charge on any atom is 0.408 e. The molecule has 4 rings (SSSR count). The molecule has 0 aromatic heterocycles. The maximum absolute atomic E-state index is 14.0. The van der Waals surface area contributed by atoms with Crippen LogP contribution in [0.2, 0.25) is 0 Å². The molecule has 1 aromatic carbocycles. The smallest absolute Gasteiger partial charge is 0.408 e. The monoisotopic (exact) mass is 683 g/mol. The highest BCUT2D eigenvalue weighted by Crippen LogP contribution is 2.45. The van der Waals surface area contributed by atoms with Crippen LogP contribution in [0.4, 0.5) is 4.79 Å². The Labute approximate surface area is 259 Å². The average molecular weight is 685 g/mol. The van der Waals surface area contributed by atoms with Crippen molar-refractivity contribution >= 4 is 49.9 Å². The van der Waals surface area contributed by atoms with E-state index >= 15 is 0 Å². The minimum Gasteiger partial charge on any atom is -0.479 e. The summed E-state index contributed by atoms with van der Waals surface area (Å²) in [7, 11) is -4.26. The van der Waals surface area contributed by atoms with Crippen LogP contribution in [-0.2, 0) is 33.4 Å². The molecule has 3 aliphatic rings. The molecule has 2 aliphatic heterocycles. The van der Waals surface area contributed by atoms with E-state index in [2.05, 4.69) is 26.6 Å².